The molecule has 1 aromatic heterocycles. The third kappa shape index (κ3) is 1.74. The van der Waals surface area contributed by atoms with Crippen molar-refractivity contribution in [1.29, 1.82) is 0 Å². The second-order valence-corrected chi connectivity index (χ2v) is 4.09. The average Bonchev–Trinajstić information content (AvgIpc) is 2.88. The fourth-order valence-electron chi connectivity index (χ4n) is 1.58. The van der Waals surface area contributed by atoms with E-state index in [9.17, 15) is 4.79 Å². The van der Waals surface area contributed by atoms with Crippen LogP contribution in [0.3, 0.4) is 0 Å². The van der Waals surface area contributed by atoms with Crippen molar-refractivity contribution in [3.63, 3.8) is 0 Å². The Morgan fingerprint density at radius 2 is 2.27 bits per heavy atom. The molecule has 0 spiro atoms. The maximum Gasteiger partial charge on any atom is 0.257 e. The lowest BCUT2D eigenvalue weighted by molar-refractivity contribution is 0.0904. The third-order valence-corrected chi connectivity index (χ3v) is 2.80. The summed E-state index contributed by atoms with van der Waals surface area (Å²) >= 11 is 0. The van der Waals surface area contributed by atoms with Gasteiger partial charge in [-0.2, -0.15) is 0 Å². The Labute approximate surface area is 87.5 Å². The predicted octanol–water partition coefficient (Wildman–Crippen LogP) is 0.546. The van der Waals surface area contributed by atoms with E-state index < -0.39 is 5.54 Å². The molecule has 1 aromatic rings. The summed E-state index contributed by atoms with van der Waals surface area (Å²) < 4.78 is 4.91. The van der Waals surface area contributed by atoms with Gasteiger partial charge in [0, 0.05) is 0 Å². The smallest absolute Gasteiger partial charge is 0.257 e. The summed E-state index contributed by atoms with van der Waals surface area (Å²) in [6.07, 6.45) is 1.66. The maximum atomic E-state index is 11.8. The summed E-state index contributed by atoms with van der Waals surface area (Å²) in [5, 5.41) is 15.6. The molecule has 0 bridgehead atoms. The number of nitrogens with zero attached hydrogens (tertiary/aromatic N) is 1. The molecule has 2 N–H and O–H groups in total. The molecule has 0 radical (unpaired) electrons. The number of rotatable bonds is 3. The molecular weight excluding hydrogens is 196 g/mol. The van der Waals surface area contributed by atoms with Crippen LogP contribution in [0.2, 0.25) is 0 Å². The Hall–Kier alpha value is -1.36. The largest absolute Gasteiger partial charge is 0.394 e. The van der Waals surface area contributed by atoms with Gasteiger partial charge in [0.15, 0.2) is 0 Å². The van der Waals surface area contributed by atoms with Gasteiger partial charge in [-0.05, 0) is 26.7 Å². The zero-order valence-corrected chi connectivity index (χ0v) is 8.83. The van der Waals surface area contributed by atoms with E-state index in [1.54, 1.807) is 13.8 Å². The second-order valence-electron chi connectivity index (χ2n) is 4.09. The van der Waals surface area contributed by atoms with Crippen LogP contribution in [-0.2, 0) is 0 Å². The highest BCUT2D eigenvalue weighted by Crippen LogP contribution is 2.35. The highest BCUT2D eigenvalue weighted by molar-refractivity contribution is 5.96. The van der Waals surface area contributed by atoms with Gasteiger partial charge in [0.25, 0.3) is 5.91 Å². The summed E-state index contributed by atoms with van der Waals surface area (Å²) in [6, 6.07) is 0. The van der Waals surface area contributed by atoms with Gasteiger partial charge in [-0.25, -0.2) is 0 Å². The quantitative estimate of drug-likeness (QED) is 0.763. The van der Waals surface area contributed by atoms with Gasteiger partial charge in [0.05, 0.1) is 17.8 Å². The average molecular weight is 210 g/mol. The molecule has 1 saturated carbocycles. The molecule has 15 heavy (non-hydrogen) atoms. The molecule has 5 nitrogen and oxygen atoms in total. The van der Waals surface area contributed by atoms with Gasteiger partial charge in [-0.15, -0.1) is 0 Å². The number of carbonyl (C=O) groups is 1. The van der Waals surface area contributed by atoms with E-state index in [0.29, 0.717) is 17.0 Å². The monoisotopic (exact) mass is 210 g/mol. The Morgan fingerprint density at radius 3 is 2.67 bits per heavy atom. The number of aryl methyl sites for hydroxylation is 2. The molecule has 0 aliphatic heterocycles. The van der Waals surface area contributed by atoms with E-state index in [2.05, 4.69) is 10.5 Å². The van der Waals surface area contributed by atoms with Crippen molar-refractivity contribution in [3.05, 3.63) is 17.0 Å². The highest BCUT2D eigenvalue weighted by atomic mass is 16.5. The zero-order valence-electron chi connectivity index (χ0n) is 8.83. The van der Waals surface area contributed by atoms with E-state index in [0.717, 1.165) is 12.8 Å². The third-order valence-electron chi connectivity index (χ3n) is 2.80. The van der Waals surface area contributed by atoms with Crippen LogP contribution in [0.1, 0.15) is 34.7 Å². The lowest BCUT2D eigenvalue weighted by Crippen LogP contribution is -2.39. The minimum absolute atomic E-state index is 0.0118. The number of amides is 1. The Bertz CT molecular complexity index is 374. The van der Waals surface area contributed by atoms with E-state index in [4.69, 9.17) is 9.63 Å². The van der Waals surface area contributed by atoms with Crippen molar-refractivity contribution < 1.29 is 14.4 Å². The minimum Gasteiger partial charge on any atom is -0.394 e. The standard InChI is InChI=1S/C10H14N2O3/c1-6-8(7(2)15-12-6)9(14)11-10(5-13)3-4-10/h13H,3-5H2,1-2H3,(H,11,14). The summed E-state index contributed by atoms with van der Waals surface area (Å²) in [5.41, 5.74) is 0.668. The number of aromatic nitrogens is 1. The van der Waals surface area contributed by atoms with Crippen molar-refractivity contribution in [2.45, 2.75) is 32.2 Å². The predicted molar refractivity (Wildman–Crippen MR) is 52.5 cm³/mol. The minimum atomic E-state index is -0.396. The first kappa shape index (κ1) is 10.2. The number of aliphatic hydroxyl groups is 1. The highest BCUT2D eigenvalue weighted by Gasteiger charge is 2.44. The summed E-state index contributed by atoms with van der Waals surface area (Å²) in [4.78, 5) is 11.8. The van der Waals surface area contributed by atoms with E-state index in [1.807, 2.05) is 0 Å². The van der Waals surface area contributed by atoms with Crippen LogP contribution in [0.15, 0.2) is 4.52 Å². The number of hydrogen-bond acceptors (Lipinski definition) is 4. The summed E-state index contributed by atoms with van der Waals surface area (Å²) in [7, 11) is 0. The first-order valence-electron chi connectivity index (χ1n) is 4.94. The van der Waals surface area contributed by atoms with Crippen LogP contribution in [0.5, 0.6) is 0 Å². The number of aliphatic hydroxyl groups excluding tert-OH is 1. The van der Waals surface area contributed by atoms with Gasteiger partial charge in [0.2, 0.25) is 0 Å². The van der Waals surface area contributed by atoms with Crippen LogP contribution >= 0.6 is 0 Å². The summed E-state index contributed by atoms with van der Waals surface area (Å²) in [5.74, 6) is 0.302. The summed E-state index contributed by atoms with van der Waals surface area (Å²) in [6.45, 7) is 3.42. The fourth-order valence-corrected chi connectivity index (χ4v) is 1.58. The van der Waals surface area contributed by atoms with E-state index in [-0.39, 0.29) is 12.5 Å². The van der Waals surface area contributed by atoms with Crippen molar-refractivity contribution in [2.24, 2.45) is 0 Å². The first-order chi connectivity index (χ1) is 7.08. The molecule has 82 valence electrons. The molecule has 1 aliphatic rings. The van der Waals surface area contributed by atoms with Gasteiger partial charge >= 0.3 is 0 Å². The van der Waals surface area contributed by atoms with Crippen LogP contribution in [0.4, 0.5) is 0 Å². The van der Waals surface area contributed by atoms with Crippen molar-refractivity contribution in [1.82, 2.24) is 10.5 Å². The first-order valence-corrected chi connectivity index (χ1v) is 4.94. The maximum absolute atomic E-state index is 11.8. The van der Waals surface area contributed by atoms with Crippen molar-refractivity contribution in [2.75, 3.05) is 6.61 Å². The molecule has 1 fully saturated rings. The van der Waals surface area contributed by atoms with E-state index >= 15 is 0 Å². The lowest BCUT2D eigenvalue weighted by atomic mass is 10.1. The van der Waals surface area contributed by atoms with Gasteiger partial charge in [-0.1, -0.05) is 5.16 Å². The van der Waals surface area contributed by atoms with Crippen LogP contribution in [0.25, 0.3) is 0 Å². The molecule has 5 heteroatoms. The fraction of sp³-hybridized carbons (Fsp3) is 0.600. The van der Waals surface area contributed by atoms with Crippen molar-refractivity contribution in [3.8, 4) is 0 Å². The van der Waals surface area contributed by atoms with Crippen LogP contribution in [0, 0.1) is 13.8 Å². The van der Waals surface area contributed by atoms with E-state index in [1.165, 1.54) is 0 Å². The van der Waals surface area contributed by atoms with Gasteiger partial charge < -0.3 is 14.9 Å². The van der Waals surface area contributed by atoms with Crippen LogP contribution in [-0.4, -0.2) is 28.3 Å². The normalized spacial score (nSPS) is 17.5. The van der Waals surface area contributed by atoms with Crippen molar-refractivity contribution >= 4 is 5.91 Å². The topological polar surface area (TPSA) is 75.4 Å². The molecule has 0 saturated heterocycles. The Morgan fingerprint density at radius 1 is 1.60 bits per heavy atom. The van der Waals surface area contributed by atoms with Gasteiger partial charge in [0.1, 0.15) is 11.3 Å². The number of nitrogens with one attached hydrogen (secondary N) is 1. The number of carbonyl (C=O) groups excluding carboxylic acids is 1. The SMILES string of the molecule is Cc1noc(C)c1C(=O)NC1(CO)CC1. The molecule has 0 atom stereocenters. The van der Waals surface area contributed by atoms with Crippen LogP contribution < -0.4 is 5.32 Å². The van der Waals surface area contributed by atoms with Gasteiger partial charge in [-0.3, -0.25) is 4.79 Å². The molecule has 1 aliphatic carbocycles. The Balaban J connectivity index is 2.15. The second kappa shape index (κ2) is 3.34. The molecule has 1 heterocycles. The zero-order chi connectivity index (χ0) is 11.1. The molecule has 0 aromatic carbocycles. The molecular formula is C10H14N2O3. The Kier molecular flexibility index (Phi) is 2.26. The molecule has 0 unspecified atom stereocenters. The molecule has 2 rings (SSSR count). The molecule has 1 amide bonds. The number of hydrogen-bond donors (Lipinski definition) is 2. The lowest BCUT2D eigenvalue weighted by Gasteiger charge is -2.13.